The molecule has 0 amide bonds. The second-order valence-electron chi connectivity index (χ2n) is 4.44. The molecule has 116 valence electrons. The monoisotopic (exact) mass is 299 g/mol. The Morgan fingerprint density at radius 3 is 2.64 bits per heavy atom. The van der Waals surface area contributed by atoms with Crippen molar-refractivity contribution in [2.45, 2.75) is 6.42 Å². The standard InChI is InChI=1S/C18H22FN3/c1-3-13-21-18(22-14-4-2)11-8-16-6-9-17(10-7-16)20-15-5-12-19/h3-4,6-7,9-10,20H,1-2,5,12-15H2,(H,21,22). The van der Waals surface area contributed by atoms with Crippen LogP contribution in [0.5, 0.6) is 0 Å². The molecule has 1 aromatic rings. The number of hydrogen-bond acceptors (Lipinski definition) is 2. The highest BCUT2D eigenvalue weighted by atomic mass is 19.1. The maximum atomic E-state index is 12.0. The number of anilines is 1. The van der Waals surface area contributed by atoms with Crippen molar-refractivity contribution in [3.05, 3.63) is 55.1 Å². The van der Waals surface area contributed by atoms with Gasteiger partial charge in [0.2, 0.25) is 0 Å². The van der Waals surface area contributed by atoms with Crippen molar-refractivity contribution in [1.82, 2.24) is 5.32 Å². The van der Waals surface area contributed by atoms with E-state index in [0.717, 1.165) is 11.3 Å². The normalized spacial score (nSPS) is 10.3. The summed E-state index contributed by atoms with van der Waals surface area (Å²) in [6.45, 7) is 8.75. The summed E-state index contributed by atoms with van der Waals surface area (Å²) >= 11 is 0. The molecule has 0 fully saturated rings. The fourth-order valence-corrected chi connectivity index (χ4v) is 1.57. The molecule has 0 heterocycles. The molecule has 0 saturated carbocycles. The Labute approximate surface area is 132 Å². The van der Waals surface area contributed by atoms with Crippen LogP contribution in [0.3, 0.4) is 0 Å². The van der Waals surface area contributed by atoms with Gasteiger partial charge in [-0.05, 0) is 36.6 Å². The highest BCUT2D eigenvalue weighted by molar-refractivity contribution is 5.99. The summed E-state index contributed by atoms with van der Waals surface area (Å²) in [5.41, 5.74) is 1.85. The van der Waals surface area contributed by atoms with Crippen molar-refractivity contribution in [3.8, 4) is 11.8 Å². The smallest absolute Gasteiger partial charge is 0.174 e. The molecule has 1 aromatic carbocycles. The molecule has 2 N–H and O–H groups in total. The van der Waals surface area contributed by atoms with Crippen LogP contribution in [0, 0.1) is 11.8 Å². The number of nitrogens with zero attached hydrogens (tertiary/aromatic N) is 1. The van der Waals surface area contributed by atoms with E-state index in [1.165, 1.54) is 0 Å². The SMILES string of the molecule is C=CCN=C(C#Cc1ccc(NCCCF)cc1)NCC=C. The van der Waals surface area contributed by atoms with Crippen molar-refractivity contribution < 1.29 is 4.39 Å². The van der Waals surface area contributed by atoms with E-state index < -0.39 is 0 Å². The maximum absolute atomic E-state index is 12.0. The van der Waals surface area contributed by atoms with Gasteiger partial charge in [-0.15, -0.1) is 13.2 Å². The molecule has 0 saturated heterocycles. The molecule has 0 unspecified atom stereocenters. The Hall–Kier alpha value is -2.54. The summed E-state index contributed by atoms with van der Waals surface area (Å²) in [4.78, 5) is 4.28. The predicted octanol–water partition coefficient (Wildman–Crippen LogP) is 3.17. The Kier molecular flexibility index (Phi) is 8.88. The number of halogens is 1. The predicted molar refractivity (Wildman–Crippen MR) is 93.1 cm³/mol. The maximum Gasteiger partial charge on any atom is 0.174 e. The van der Waals surface area contributed by atoms with Gasteiger partial charge >= 0.3 is 0 Å². The van der Waals surface area contributed by atoms with Gasteiger partial charge in [-0.2, -0.15) is 0 Å². The third kappa shape index (κ3) is 7.30. The van der Waals surface area contributed by atoms with Gasteiger partial charge in [-0.1, -0.05) is 18.1 Å². The van der Waals surface area contributed by atoms with Crippen LogP contribution in [0.2, 0.25) is 0 Å². The molecular formula is C18H22FN3. The van der Waals surface area contributed by atoms with Crippen LogP contribution in [0.1, 0.15) is 12.0 Å². The lowest BCUT2D eigenvalue weighted by molar-refractivity contribution is 0.481. The van der Waals surface area contributed by atoms with Crippen molar-refractivity contribution in [2.75, 3.05) is 31.6 Å². The number of alkyl halides is 1. The molecule has 0 aliphatic rings. The van der Waals surface area contributed by atoms with Gasteiger partial charge in [-0.25, -0.2) is 0 Å². The summed E-state index contributed by atoms with van der Waals surface area (Å²) in [5.74, 6) is 6.67. The number of benzene rings is 1. The summed E-state index contributed by atoms with van der Waals surface area (Å²) in [7, 11) is 0. The second-order valence-corrected chi connectivity index (χ2v) is 4.44. The second kappa shape index (κ2) is 11.2. The van der Waals surface area contributed by atoms with Crippen molar-refractivity contribution >= 4 is 11.5 Å². The molecule has 0 atom stereocenters. The lowest BCUT2D eigenvalue weighted by Crippen LogP contribution is -2.22. The van der Waals surface area contributed by atoms with Crippen LogP contribution >= 0.6 is 0 Å². The van der Waals surface area contributed by atoms with E-state index >= 15 is 0 Å². The highest BCUT2D eigenvalue weighted by Gasteiger charge is 1.93. The third-order valence-corrected chi connectivity index (χ3v) is 2.64. The van der Waals surface area contributed by atoms with Gasteiger partial charge in [0.05, 0.1) is 13.2 Å². The number of rotatable bonds is 8. The van der Waals surface area contributed by atoms with Crippen LogP contribution in [0.25, 0.3) is 0 Å². The molecule has 22 heavy (non-hydrogen) atoms. The Bertz CT molecular complexity index is 550. The van der Waals surface area contributed by atoms with Gasteiger partial charge in [-0.3, -0.25) is 9.38 Å². The zero-order valence-corrected chi connectivity index (χ0v) is 12.7. The minimum Gasteiger partial charge on any atom is -0.385 e. The number of aliphatic imine (C=N–C) groups is 1. The van der Waals surface area contributed by atoms with Crippen LogP contribution in [-0.4, -0.2) is 32.1 Å². The first-order chi connectivity index (χ1) is 10.8. The molecule has 0 aromatic heterocycles. The minimum atomic E-state index is -0.304. The van der Waals surface area contributed by atoms with Gasteiger partial charge in [0.15, 0.2) is 5.84 Å². The van der Waals surface area contributed by atoms with Gasteiger partial charge < -0.3 is 10.6 Å². The molecule has 0 spiro atoms. The number of nitrogens with one attached hydrogen (secondary N) is 2. The first kappa shape index (κ1) is 17.5. The quantitative estimate of drug-likeness (QED) is 0.254. The van der Waals surface area contributed by atoms with Crippen LogP contribution in [0.15, 0.2) is 54.6 Å². The molecule has 1 rings (SSSR count). The van der Waals surface area contributed by atoms with Gasteiger partial charge in [0.25, 0.3) is 0 Å². The summed E-state index contributed by atoms with van der Waals surface area (Å²) in [6.07, 6.45) is 3.98. The van der Waals surface area contributed by atoms with E-state index in [2.05, 4.69) is 40.6 Å². The summed E-state index contributed by atoms with van der Waals surface area (Å²) < 4.78 is 12.0. The number of amidine groups is 1. The Morgan fingerprint density at radius 2 is 2.00 bits per heavy atom. The van der Waals surface area contributed by atoms with Crippen LogP contribution in [0.4, 0.5) is 10.1 Å². The first-order valence-corrected chi connectivity index (χ1v) is 7.22. The fourth-order valence-electron chi connectivity index (χ4n) is 1.57. The molecule has 3 nitrogen and oxygen atoms in total. The van der Waals surface area contributed by atoms with E-state index in [4.69, 9.17) is 0 Å². The van der Waals surface area contributed by atoms with Crippen molar-refractivity contribution in [1.29, 1.82) is 0 Å². The average molecular weight is 299 g/mol. The Morgan fingerprint density at radius 1 is 1.23 bits per heavy atom. The zero-order valence-electron chi connectivity index (χ0n) is 12.7. The lowest BCUT2D eigenvalue weighted by atomic mass is 10.2. The molecule has 0 bridgehead atoms. The van der Waals surface area contributed by atoms with Gasteiger partial charge in [0, 0.05) is 24.3 Å². The van der Waals surface area contributed by atoms with E-state index in [1.54, 1.807) is 12.2 Å². The van der Waals surface area contributed by atoms with Crippen molar-refractivity contribution in [2.24, 2.45) is 4.99 Å². The minimum absolute atomic E-state index is 0.304. The molecule has 0 aliphatic heterocycles. The lowest BCUT2D eigenvalue weighted by Gasteiger charge is -2.04. The molecule has 0 radical (unpaired) electrons. The van der Waals surface area contributed by atoms with Crippen LogP contribution in [-0.2, 0) is 0 Å². The zero-order chi connectivity index (χ0) is 16.0. The largest absolute Gasteiger partial charge is 0.385 e. The van der Waals surface area contributed by atoms with E-state index in [1.807, 2.05) is 24.3 Å². The van der Waals surface area contributed by atoms with E-state index in [9.17, 15) is 4.39 Å². The van der Waals surface area contributed by atoms with E-state index in [0.29, 0.717) is 31.9 Å². The van der Waals surface area contributed by atoms with Gasteiger partial charge in [0.1, 0.15) is 0 Å². The first-order valence-electron chi connectivity index (χ1n) is 7.22. The molecule has 0 aliphatic carbocycles. The summed E-state index contributed by atoms with van der Waals surface area (Å²) in [6, 6.07) is 7.70. The third-order valence-electron chi connectivity index (χ3n) is 2.64. The van der Waals surface area contributed by atoms with Crippen LogP contribution < -0.4 is 10.6 Å². The molecular weight excluding hydrogens is 277 g/mol. The highest BCUT2D eigenvalue weighted by Crippen LogP contribution is 2.08. The topological polar surface area (TPSA) is 36.4 Å². The Balaban J connectivity index is 2.67. The molecule has 4 heteroatoms. The fraction of sp³-hybridized carbons (Fsp3) is 0.278. The van der Waals surface area contributed by atoms with E-state index in [-0.39, 0.29) is 6.67 Å². The number of hydrogen-bond donors (Lipinski definition) is 2. The van der Waals surface area contributed by atoms with Crippen molar-refractivity contribution in [3.63, 3.8) is 0 Å². The summed E-state index contributed by atoms with van der Waals surface area (Å²) in [5, 5.41) is 6.23. The average Bonchev–Trinajstić information content (AvgIpc) is 2.55.